The van der Waals surface area contributed by atoms with E-state index in [4.69, 9.17) is 15.2 Å². The van der Waals surface area contributed by atoms with Crippen molar-refractivity contribution in [3.8, 4) is 23.0 Å². The van der Waals surface area contributed by atoms with Gasteiger partial charge in [-0.05, 0) is 43.7 Å². The molecule has 3 N–H and O–H groups in total. The van der Waals surface area contributed by atoms with E-state index in [1.807, 2.05) is 50.2 Å². The van der Waals surface area contributed by atoms with E-state index < -0.39 is 6.04 Å². The largest absolute Gasteiger partial charge is 0.490 e. The third kappa shape index (κ3) is 3.77. The van der Waals surface area contributed by atoms with Crippen LogP contribution in [-0.2, 0) is 0 Å². The van der Waals surface area contributed by atoms with Crippen LogP contribution in [0, 0.1) is 0 Å². The fourth-order valence-corrected chi connectivity index (χ4v) is 2.44. The summed E-state index contributed by atoms with van der Waals surface area (Å²) in [5, 5.41) is 7.10. The summed E-state index contributed by atoms with van der Waals surface area (Å²) in [6, 6.07) is 10.8. The SMILES string of the molecule is CCOc1ccc([C@H](N)c2nc(-c3ccccn3)n[nH]2)cc1OCC. The number of nitrogens with zero attached hydrogens (tertiary/aromatic N) is 3. The van der Waals surface area contributed by atoms with Gasteiger partial charge in [0.2, 0.25) is 0 Å². The zero-order valence-corrected chi connectivity index (χ0v) is 14.3. The summed E-state index contributed by atoms with van der Waals surface area (Å²) in [5.41, 5.74) is 7.90. The number of hydrogen-bond acceptors (Lipinski definition) is 6. The number of H-pyrrole nitrogens is 1. The van der Waals surface area contributed by atoms with Crippen LogP contribution in [0.15, 0.2) is 42.6 Å². The molecule has 0 aliphatic rings. The van der Waals surface area contributed by atoms with Crippen LogP contribution in [0.1, 0.15) is 31.3 Å². The number of rotatable bonds is 7. The number of nitrogens with two attached hydrogens (primary N) is 1. The second-order valence-electron chi connectivity index (χ2n) is 5.31. The Morgan fingerprint density at radius 1 is 1.08 bits per heavy atom. The van der Waals surface area contributed by atoms with Crippen molar-refractivity contribution >= 4 is 0 Å². The normalized spacial score (nSPS) is 12.0. The molecule has 7 heteroatoms. The molecular formula is C18H21N5O2. The van der Waals surface area contributed by atoms with Crippen LogP contribution in [0.2, 0.25) is 0 Å². The molecule has 7 nitrogen and oxygen atoms in total. The predicted molar refractivity (Wildman–Crippen MR) is 94.4 cm³/mol. The van der Waals surface area contributed by atoms with Crippen LogP contribution >= 0.6 is 0 Å². The van der Waals surface area contributed by atoms with Gasteiger partial charge in [-0.2, -0.15) is 5.10 Å². The smallest absolute Gasteiger partial charge is 0.199 e. The van der Waals surface area contributed by atoms with Crippen molar-refractivity contribution in [2.24, 2.45) is 5.73 Å². The minimum atomic E-state index is -0.458. The maximum absolute atomic E-state index is 6.35. The van der Waals surface area contributed by atoms with Crippen molar-refractivity contribution in [1.82, 2.24) is 20.2 Å². The van der Waals surface area contributed by atoms with E-state index in [2.05, 4.69) is 20.2 Å². The maximum Gasteiger partial charge on any atom is 0.199 e. The standard InChI is InChI=1S/C18H21N5O2/c1-3-24-14-9-8-12(11-15(14)25-4-2)16(19)18-21-17(22-23-18)13-7-5-6-10-20-13/h5-11,16H,3-4,19H2,1-2H3,(H,21,22,23)/t16-/m0/s1. The van der Waals surface area contributed by atoms with Crippen LogP contribution < -0.4 is 15.2 Å². The number of nitrogens with one attached hydrogen (secondary N) is 1. The molecule has 0 amide bonds. The Hall–Kier alpha value is -2.93. The number of hydrogen-bond donors (Lipinski definition) is 2. The summed E-state index contributed by atoms with van der Waals surface area (Å²) in [6.45, 7) is 4.98. The molecule has 2 aromatic heterocycles. The number of ether oxygens (including phenoxy) is 2. The number of benzene rings is 1. The fourth-order valence-electron chi connectivity index (χ4n) is 2.44. The molecule has 3 rings (SSSR count). The maximum atomic E-state index is 6.35. The minimum absolute atomic E-state index is 0.458. The monoisotopic (exact) mass is 339 g/mol. The van der Waals surface area contributed by atoms with Crippen LogP contribution in [0.5, 0.6) is 11.5 Å². The molecule has 0 unspecified atom stereocenters. The second-order valence-corrected chi connectivity index (χ2v) is 5.31. The molecule has 130 valence electrons. The Kier molecular flexibility index (Phi) is 5.25. The van der Waals surface area contributed by atoms with Gasteiger partial charge in [0.15, 0.2) is 17.3 Å². The van der Waals surface area contributed by atoms with E-state index in [1.54, 1.807) is 6.20 Å². The van der Waals surface area contributed by atoms with Crippen molar-refractivity contribution in [3.05, 3.63) is 54.0 Å². The van der Waals surface area contributed by atoms with Crippen molar-refractivity contribution in [2.45, 2.75) is 19.9 Å². The van der Waals surface area contributed by atoms with Crippen LogP contribution in [0.25, 0.3) is 11.5 Å². The molecule has 0 saturated carbocycles. The van der Waals surface area contributed by atoms with E-state index in [-0.39, 0.29) is 0 Å². The number of aromatic nitrogens is 4. The molecule has 25 heavy (non-hydrogen) atoms. The van der Waals surface area contributed by atoms with Crippen molar-refractivity contribution < 1.29 is 9.47 Å². The first-order chi connectivity index (χ1) is 12.2. The number of pyridine rings is 1. The van der Waals surface area contributed by atoms with Gasteiger partial charge < -0.3 is 15.2 Å². The lowest BCUT2D eigenvalue weighted by Gasteiger charge is -2.14. The molecule has 1 aromatic carbocycles. The first kappa shape index (κ1) is 16.9. The van der Waals surface area contributed by atoms with E-state index >= 15 is 0 Å². The molecule has 1 atom stereocenters. The van der Waals surface area contributed by atoms with Crippen LogP contribution in [0.4, 0.5) is 0 Å². The highest BCUT2D eigenvalue weighted by atomic mass is 16.5. The van der Waals surface area contributed by atoms with E-state index in [0.29, 0.717) is 42.1 Å². The van der Waals surface area contributed by atoms with Crippen LogP contribution in [0.3, 0.4) is 0 Å². The van der Waals surface area contributed by atoms with Gasteiger partial charge in [-0.15, -0.1) is 0 Å². The van der Waals surface area contributed by atoms with Crippen molar-refractivity contribution in [2.75, 3.05) is 13.2 Å². The Morgan fingerprint density at radius 3 is 2.60 bits per heavy atom. The van der Waals surface area contributed by atoms with Gasteiger partial charge in [-0.3, -0.25) is 10.1 Å². The Morgan fingerprint density at radius 2 is 1.88 bits per heavy atom. The highest BCUT2D eigenvalue weighted by Gasteiger charge is 2.17. The van der Waals surface area contributed by atoms with Gasteiger partial charge >= 0.3 is 0 Å². The van der Waals surface area contributed by atoms with Crippen molar-refractivity contribution in [1.29, 1.82) is 0 Å². The summed E-state index contributed by atoms with van der Waals surface area (Å²) in [4.78, 5) is 8.71. The first-order valence-corrected chi connectivity index (χ1v) is 8.21. The summed E-state index contributed by atoms with van der Waals surface area (Å²) >= 11 is 0. The third-order valence-electron chi connectivity index (χ3n) is 3.62. The zero-order chi connectivity index (χ0) is 17.6. The van der Waals surface area contributed by atoms with Crippen molar-refractivity contribution in [3.63, 3.8) is 0 Å². The predicted octanol–water partition coefficient (Wildman–Crippen LogP) is 2.71. The summed E-state index contributed by atoms with van der Waals surface area (Å²) in [6.07, 6.45) is 1.70. The van der Waals surface area contributed by atoms with Gasteiger partial charge in [0.25, 0.3) is 0 Å². The zero-order valence-electron chi connectivity index (χ0n) is 14.3. The summed E-state index contributed by atoms with van der Waals surface area (Å²) in [7, 11) is 0. The average molecular weight is 339 g/mol. The second kappa shape index (κ2) is 7.76. The quantitative estimate of drug-likeness (QED) is 0.686. The Balaban J connectivity index is 1.86. The highest BCUT2D eigenvalue weighted by molar-refractivity contribution is 5.49. The van der Waals surface area contributed by atoms with Gasteiger partial charge in [0, 0.05) is 6.20 Å². The van der Waals surface area contributed by atoms with Crippen LogP contribution in [-0.4, -0.2) is 33.4 Å². The van der Waals surface area contributed by atoms with Gasteiger partial charge in [-0.25, -0.2) is 4.98 Å². The van der Waals surface area contributed by atoms with Gasteiger partial charge in [0.05, 0.1) is 19.3 Å². The summed E-state index contributed by atoms with van der Waals surface area (Å²) < 4.78 is 11.2. The van der Waals surface area contributed by atoms with E-state index in [9.17, 15) is 0 Å². The lowest BCUT2D eigenvalue weighted by molar-refractivity contribution is 0.287. The highest BCUT2D eigenvalue weighted by Crippen LogP contribution is 2.31. The first-order valence-electron chi connectivity index (χ1n) is 8.21. The lowest BCUT2D eigenvalue weighted by Crippen LogP contribution is -2.14. The topological polar surface area (TPSA) is 98.9 Å². The van der Waals surface area contributed by atoms with Gasteiger partial charge in [-0.1, -0.05) is 12.1 Å². The Bertz CT molecular complexity index is 819. The molecular weight excluding hydrogens is 318 g/mol. The molecule has 0 saturated heterocycles. The molecule has 0 aliphatic carbocycles. The lowest BCUT2D eigenvalue weighted by atomic mass is 10.1. The molecule has 0 radical (unpaired) electrons. The molecule has 2 heterocycles. The van der Waals surface area contributed by atoms with E-state index in [0.717, 1.165) is 5.56 Å². The molecule has 0 fully saturated rings. The Labute approximate surface area is 146 Å². The number of aromatic amines is 1. The average Bonchev–Trinajstić information content (AvgIpc) is 3.14. The summed E-state index contributed by atoms with van der Waals surface area (Å²) in [5.74, 6) is 2.45. The fraction of sp³-hybridized carbons (Fsp3) is 0.278. The minimum Gasteiger partial charge on any atom is -0.490 e. The molecule has 0 spiro atoms. The third-order valence-corrected chi connectivity index (χ3v) is 3.62. The molecule has 0 bridgehead atoms. The molecule has 0 aliphatic heterocycles. The van der Waals surface area contributed by atoms with Gasteiger partial charge in [0.1, 0.15) is 11.5 Å². The molecule has 3 aromatic rings. The van der Waals surface area contributed by atoms with E-state index in [1.165, 1.54) is 0 Å².